The van der Waals surface area contributed by atoms with Crippen LogP contribution in [0.5, 0.6) is 0 Å². The number of nitrogens with zero attached hydrogens (tertiary/aromatic N) is 1. The summed E-state index contributed by atoms with van der Waals surface area (Å²) in [5.74, 6) is 0.0735. The summed E-state index contributed by atoms with van der Waals surface area (Å²) < 4.78 is 0. The molecule has 0 bridgehead atoms. The predicted octanol–water partition coefficient (Wildman–Crippen LogP) is 2.32. The first-order valence-electron chi connectivity index (χ1n) is 6.13. The van der Waals surface area contributed by atoms with Gasteiger partial charge in [0, 0.05) is 11.4 Å². The summed E-state index contributed by atoms with van der Waals surface area (Å²) in [5, 5.41) is 2.11. The van der Waals surface area contributed by atoms with E-state index < -0.39 is 5.54 Å². The summed E-state index contributed by atoms with van der Waals surface area (Å²) in [4.78, 5) is 15.7. The van der Waals surface area contributed by atoms with Gasteiger partial charge in [-0.1, -0.05) is 6.92 Å². The number of rotatable bonds is 2. The van der Waals surface area contributed by atoms with E-state index in [1.165, 1.54) is 10.4 Å². The number of thiophene rings is 1. The van der Waals surface area contributed by atoms with Crippen LogP contribution >= 0.6 is 11.3 Å². The highest BCUT2D eigenvalue weighted by Gasteiger charge is 2.36. The Balaban J connectivity index is 2.23. The van der Waals surface area contributed by atoms with Crippen molar-refractivity contribution >= 4 is 17.2 Å². The second kappa shape index (κ2) is 4.42. The molecule has 1 aliphatic heterocycles. The number of hydrogen-bond donors (Lipinski definition) is 1. The van der Waals surface area contributed by atoms with E-state index in [9.17, 15) is 4.79 Å². The number of fused-ring (bicyclic) bond motifs is 1. The smallest absolute Gasteiger partial charge is 0.242 e. The minimum absolute atomic E-state index is 0.0735. The number of nitrogens with two attached hydrogens (primary N) is 1. The molecule has 0 aliphatic carbocycles. The zero-order valence-electron chi connectivity index (χ0n) is 10.7. The molecule has 2 atom stereocenters. The molecule has 1 amide bonds. The lowest BCUT2D eigenvalue weighted by atomic mass is 9.94. The molecule has 0 aromatic carbocycles. The topological polar surface area (TPSA) is 46.3 Å². The van der Waals surface area contributed by atoms with E-state index >= 15 is 0 Å². The van der Waals surface area contributed by atoms with E-state index in [1.807, 2.05) is 18.7 Å². The summed E-state index contributed by atoms with van der Waals surface area (Å²) in [7, 11) is 0. The molecule has 1 aliphatic rings. The van der Waals surface area contributed by atoms with Crippen LogP contribution in [-0.2, 0) is 11.2 Å². The van der Waals surface area contributed by atoms with Crippen molar-refractivity contribution in [3.8, 4) is 0 Å². The number of amides is 1. The molecule has 3 nitrogen and oxygen atoms in total. The monoisotopic (exact) mass is 252 g/mol. The van der Waals surface area contributed by atoms with Crippen molar-refractivity contribution in [2.75, 3.05) is 6.54 Å². The highest BCUT2D eigenvalue weighted by Crippen LogP contribution is 2.34. The van der Waals surface area contributed by atoms with Crippen molar-refractivity contribution in [1.29, 1.82) is 0 Å². The van der Waals surface area contributed by atoms with Crippen molar-refractivity contribution in [2.24, 2.45) is 5.73 Å². The third kappa shape index (κ3) is 2.11. The van der Waals surface area contributed by atoms with E-state index in [0.29, 0.717) is 6.42 Å². The molecule has 1 aromatic rings. The second-order valence-corrected chi connectivity index (χ2v) is 6.00. The Morgan fingerprint density at radius 3 is 3.06 bits per heavy atom. The van der Waals surface area contributed by atoms with Crippen molar-refractivity contribution in [2.45, 2.75) is 45.2 Å². The minimum atomic E-state index is -0.734. The lowest BCUT2D eigenvalue weighted by Gasteiger charge is -2.38. The lowest BCUT2D eigenvalue weighted by Crippen LogP contribution is -2.54. The predicted molar refractivity (Wildman–Crippen MR) is 71.0 cm³/mol. The fourth-order valence-electron chi connectivity index (χ4n) is 2.27. The lowest BCUT2D eigenvalue weighted by molar-refractivity contribution is -0.139. The van der Waals surface area contributed by atoms with Gasteiger partial charge in [-0.25, -0.2) is 0 Å². The van der Waals surface area contributed by atoms with Gasteiger partial charge < -0.3 is 10.6 Å². The molecule has 0 saturated heterocycles. The van der Waals surface area contributed by atoms with Crippen LogP contribution < -0.4 is 5.73 Å². The van der Waals surface area contributed by atoms with E-state index in [0.717, 1.165) is 13.0 Å². The van der Waals surface area contributed by atoms with E-state index in [2.05, 4.69) is 18.4 Å². The zero-order chi connectivity index (χ0) is 12.6. The van der Waals surface area contributed by atoms with E-state index in [1.54, 1.807) is 11.3 Å². The van der Waals surface area contributed by atoms with Gasteiger partial charge in [0.15, 0.2) is 0 Å². The molecule has 0 spiro atoms. The summed E-state index contributed by atoms with van der Waals surface area (Å²) in [6.07, 6.45) is 1.63. The highest BCUT2D eigenvalue weighted by atomic mass is 32.1. The van der Waals surface area contributed by atoms with Crippen LogP contribution in [0.25, 0.3) is 0 Å². The first kappa shape index (κ1) is 12.6. The normalized spacial score (nSPS) is 23.1. The maximum atomic E-state index is 12.4. The molecule has 2 N–H and O–H groups in total. The molecule has 0 radical (unpaired) electrons. The van der Waals surface area contributed by atoms with Gasteiger partial charge in [0.2, 0.25) is 5.91 Å². The van der Waals surface area contributed by atoms with Crippen LogP contribution in [0.4, 0.5) is 0 Å². The van der Waals surface area contributed by atoms with Crippen LogP contribution in [0.3, 0.4) is 0 Å². The molecule has 4 heteroatoms. The van der Waals surface area contributed by atoms with Crippen LogP contribution in [0.15, 0.2) is 11.4 Å². The molecule has 0 fully saturated rings. The summed E-state index contributed by atoms with van der Waals surface area (Å²) in [5.41, 5.74) is 6.62. The quantitative estimate of drug-likeness (QED) is 0.878. The van der Waals surface area contributed by atoms with Gasteiger partial charge in [-0.15, -0.1) is 11.3 Å². The minimum Gasteiger partial charge on any atom is -0.334 e. The van der Waals surface area contributed by atoms with Crippen molar-refractivity contribution in [3.63, 3.8) is 0 Å². The third-order valence-corrected chi connectivity index (χ3v) is 4.76. The first-order valence-corrected chi connectivity index (χ1v) is 7.01. The van der Waals surface area contributed by atoms with Gasteiger partial charge in [0.1, 0.15) is 0 Å². The summed E-state index contributed by atoms with van der Waals surface area (Å²) in [6.45, 7) is 6.67. The molecule has 0 saturated carbocycles. The van der Waals surface area contributed by atoms with Crippen LogP contribution in [0.2, 0.25) is 0 Å². The summed E-state index contributed by atoms with van der Waals surface area (Å²) >= 11 is 1.79. The Morgan fingerprint density at radius 1 is 1.71 bits per heavy atom. The number of carbonyl (C=O) groups excluding carboxylic acids is 1. The molecule has 94 valence electrons. The molecule has 2 heterocycles. The van der Waals surface area contributed by atoms with Crippen LogP contribution in [-0.4, -0.2) is 22.9 Å². The van der Waals surface area contributed by atoms with E-state index in [-0.39, 0.29) is 11.9 Å². The fraction of sp³-hybridized carbons (Fsp3) is 0.615. The highest BCUT2D eigenvalue weighted by molar-refractivity contribution is 7.10. The van der Waals surface area contributed by atoms with Crippen molar-refractivity contribution in [3.05, 3.63) is 21.9 Å². The maximum Gasteiger partial charge on any atom is 0.242 e. The Morgan fingerprint density at radius 2 is 2.41 bits per heavy atom. The molecular formula is C13H20N2OS. The maximum absolute atomic E-state index is 12.4. The molecular weight excluding hydrogens is 232 g/mol. The van der Waals surface area contributed by atoms with Gasteiger partial charge in [-0.05, 0) is 43.7 Å². The van der Waals surface area contributed by atoms with Crippen LogP contribution in [0, 0.1) is 0 Å². The zero-order valence-corrected chi connectivity index (χ0v) is 11.5. The van der Waals surface area contributed by atoms with E-state index in [4.69, 9.17) is 5.73 Å². The molecule has 2 unspecified atom stereocenters. The molecule has 17 heavy (non-hydrogen) atoms. The third-order valence-electron chi connectivity index (χ3n) is 3.76. The van der Waals surface area contributed by atoms with Gasteiger partial charge >= 0.3 is 0 Å². The fourth-order valence-corrected chi connectivity index (χ4v) is 3.23. The number of hydrogen-bond acceptors (Lipinski definition) is 3. The van der Waals surface area contributed by atoms with Crippen LogP contribution in [0.1, 0.15) is 43.7 Å². The summed E-state index contributed by atoms with van der Waals surface area (Å²) in [6, 6.07) is 2.29. The average molecular weight is 252 g/mol. The van der Waals surface area contributed by atoms with Gasteiger partial charge in [-0.2, -0.15) is 0 Å². The largest absolute Gasteiger partial charge is 0.334 e. The van der Waals surface area contributed by atoms with Gasteiger partial charge in [-0.3, -0.25) is 4.79 Å². The Hall–Kier alpha value is -0.870. The van der Waals surface area contributed by atoms with Gasteiger partial charge in [0.25, 0.3) is 0 Å². The first-order chi connectivity index (χ1) is 7.97. The SMILES string of the molecule is CCC(C)(N)C(=O)N1CCc2sccc2C1C. The average Bonchev–Trinajstić information content (AvgIpc) is 2.78. The Labute approximate surface area is 107 Å². The Kier molecular flexibility index (Phi) is 3.27. The number of carbonyl (C=O) groups is 1. The van der Waals surface area contributed by atoms with Gasteiger partial charge in [0.05, 0.1) is 11.6 Å². The Bertz CT molecular complexity index is 425. The van der Waals surface area contributed by atoms with Crippen molar-refractivity contribution < 1.29 is 4.79 Å². The standard InChI is InChI=1S/C13H20N2OS/c1-4-13(3,14)12(16)15-7-5-11-10(9(15)2)6-8-17-11/h6,8-9H,4-5,7,14H2,1-3H3. The molecule has 1 aromatic heterocycles. The van der Waals surface area contributed by atoms with Crippen molar-refractivity contribution in [1.82, 2.24) is 4.90 Å². The second-order valence-electron chi connectivity index (χ2n) is 4.99. The molecule has 2 rings (SSSR count).